The SMILES string of the molecule is FC(F)(F)C1=CC=C2C(C3=CCNCC3)=CNC2C1. The maximum Gasteiger partial charge on any atom is 0.412 e. The van der Waals surface area contributed by atoms with Crippen LogP contribution in [0.4, 0.5) is 13.2 Å². The Morgan fingerprint density at radius 1 is 1.21 bits per heavy atom. The molecule has 0 aromatic rings. The molecule has 2 nitrogen and oxygen atoms in total. The molecule has 0 radical (unpaired) electrons. The van der Waals surface area contributed by atoms with Crippen molar-refractivity contribution in [3.05, 3.63) is 46.7 Å². The van der Waals surface area contributed by atoms with Crippen LogP contribution in [0.1, 0.15) is 12.8 Å². The zero-order valence-electron chi connectivity index (χ0n) is 10.3. The Kier molecular flexibility index (Phi) is 3.01. The van der Waals surface area contributed by atoms with E-state index in [4.69, 9.17) is 0 Å². The van der Waals surface area contributed by atoms with Gasteiger partial charge >= 0.3 is 6.18 Å². The Labute approximate surface area is 109 Å². The number of fused-ring (bicyclic) bond motifs is 1. The van der Waals surface area contributed by atoms with Crippen LogP contribution in [0.25, 0.3) is 0 Å². The lowest BCUT2D eigenvalue weighted by molar-refractivity contribution is -0.0945. The average Bonchev–Trinajstić information content (AvgIpc) is 2.81. The van der Waals surface area contributed by atoms with Crippen LogP contribution in [0, 0.1) is 0 Å². The first-order valence-corrected chi connectivity index (χ1v) is 6.40. The summed E-state index contributed by atoms with van der Waals surface area (Å²) in [6.07, 6.45) is 3.53. The van der Waals surface area contributed by atoms with Gasteiger partial charge in [-0.05, 0) is 29.7 Å². The van der Waals surface area contributed by atoms with Crippen molar-refractivity contribution >= 4 is 0 Å². The highest BCUT2D eigenvalue weighted by Crippen LogP contribution is 2.39. The molecule has 0 saturated heterocycles. The highest BCUT2D eigenvalue weighted by molar-refractivity contribution is 5.56. The van der Waals surface area contributed by atoms with Gasteiger partial charge in [0.15, 0.2) is 0 Å². The van der Waals surface area contributed by atoms with Crippen molar-refractivity contribution in [1.82, 2.24) is 10.6 Å². The number of rotatable bonds is 1. The van der Waals surface area contributed by atoms with E-state index in [1.807, 2.05) is 6.20 Å². The molecule has 0 bridgehead atoms. The fourth-order valence-corrected chi connectivity index (χ4v) is 2.75. The van der Waals surface area contributed by atoms with Crippen molar-refractivity contribution in [2.75, 3.05) is 13.1 Å². The van der Waals surface area contributed by atoms with Crippen LogP contribution in [0.5, 0.6) is 0 Å². The molecular weight excluding hydrogens is 253 g/mol. The first-order valence-electron chi connectivity index (χ1n) is 6.40. The van der Waals surface area contributed by atoms with Crippen LogP contribution in [0.3, 0.4) is 0 Å². The van der Waals surface area contributed by atoms with Crippen molar-refractivity contribution in [3.8, 4) is 0 Å². The molecule has 0 aromatic heterocycles. The molecule has 2 aliphatic heterocycles. The van der Waals surface area contributed by atoms with Gasteiger partial charge in [0, 0.05) is 24.7 Å². The number of hydrogen-bond donors (Lipinski definition) is 2. The van der Waals surface area contributed by atoms with E-state index in [1.165, 1.54) is 11.6 Å². The molecule has 1 aliphatic carbocycles. The van der Waals surface area contributed by atoms with E-state index in [0.29, 0.717) is 0 Å². The van der Waals surface area contributed by atoms with Crippen molar-refractivity contribution < 1.29 is 13.2 Å². The Morgan fingerprint density at radius 3 is 2.74 bits per heavy atom. The Hall–Kier alpha value is -1.49. The van der Waals surface area contributed by atoms with Gasteiger partial charge in [-0.2, -0.15) is 13.2 Å². The van der Waals surface area contributed by atoms with Gasteiger partial charge in [-0.15, -0.1) is 0 Å². The fraction of sp³-hybridized carbons (Fsp3) is 0.429. The molecule has 5 heteroatoms. The minimum Gasteiger partial charge on any atom is -0.383 e. The average molecular weight is 268 g/mol. The number of halogens is 3. The van der Waals surface area contributed by atoms with Crippen molar-refractivity contribution in [1.29, 1.82) is 0 Å². The van der Waals surface area contributed by atoms with E-state index in [9.17, 15) is 13.2 Å². The van der Waals surface area contributed by atoms with Gasteiger partial charge in [0.1, 0.15) is 0 Å². The van der Waals surface area contributed by atoms with Gasteiger partial charge in [0.05, 0.1) is 6.04 Å². The first-order chi connectivity index (χ1) is 9.05. The molecular formula is C14H15F3N2. The van der Waals surface area contributed by atoms with E-state index in [-0.39, 0.29) is 12.5 Å². The smallest absolute Gasteiger partial charge is 0.383 e. The molecule has 0 fully saturated rings. The van der Waals surface area contributed by atoms with Crippen LogP contribution in [0.2, 0.25) is 0 Å². The minimum atomic E-state index is -4.22. The third-order valence-electron chi connectivity index (χ3n) is 3.78. The van der Waals surface area contributed by atoms with Gasteiger partial charge < -0.3 is 10.6 Å². The molecule has 0 amide bonds. The van der Waals surface area contributed by atoms with Crippen molar-refractivity contribution in [2.45, 2.75) is 25.1 Å². The molecule has 3 rings (SSSR count). The summed E-state index contributed by atoms with van der Waals surface area (Å²) in [6, 6.07) is -0.229. The van der Waals surface area contributed by atoms with E-state index in [2.05, 4.69) is 16.7 Å². The van der Waals surface area contributed by atoms with Crippen LogP contribution >= 0.6 is 0 Å². The van der Waals surface area contributed by atoms with E-state index in [1.54, 1.807) is 6.08 Å². The second kappa shape index (κ2) is 4.56. The predicted octanol–water partition coefficient (Wildman–Crippen LogP) is 2.58. The largest absolute Gasteiger partial charge is 0.412 e. The highest BCUT2D eigenvalue weighted by Gasteiger charge is 2.38. The number of alkyl halides is 3. The zero-order valence-corrected chi connectivity index (χ0v) is 10.3. The fourth-order valence-electron chi connectivity index (χ4n) is 2.75. The third-order valence-corrected chi connectivity index (χ3v) is 3.78. The minimum absolute atomic E-state index is 0.0147. The Morgan fingerprint density at radius 2 is 2.05 bits per heavy atom. The predicted molar refractivity (Wildman–Crippen MR) is 67.4 cm³/mol. The molecule has 1 atom stereocenters. The topological polar surface area (TPSA) is 24.1 Å². The van der Waals surface area contributed by atoms with Crippen LogP contribution < -0.4 is 10.6 Å². The molecule has 2 N–H and O–H groups in total. The lowest BCUT2D eigenvalue weighted by Gasteiger charge is -2.24. The van der Waals surface area contributed by atoms with Gasteiger partial charge in [-0.3, -0.25) is 0 Å². The molecule has 0 spiro atoms. The molecule has 3 aliphatic rings. The summed E-state index contributed by atoms with van der Waals surface area (Å²) in [4.78, 5) is 0. The van der Waals surface area contributed by atoms with Gasteiger partial charge in [-0.1, -0.05) is 18.2 Å². The molecule has 102 valence electrons. The summed E-state index contributed by atoms with van der Waals surface area (Å²) in [7, 11) is 0. The lowest BCUT2D eigenvalue weighted by Crippen LogP contribution is -2.28. The quantitative estimate of drug-likeness (QED) is 0.764. The second-order valence-corrected chi connectivity index (χ2v) is 4.98. The van der Waals surface area contributed by atoms with Crippen LogP contribution in [-0.2, 0) is 0 Å². The van der Waals surface area contributed by atoms with Gasteiger partial charge in [0.2, 0.25) is 0 Å². The summed E-state index contributed by atoms with van der Waals surface area (Å²) in [5.41, 5.74) is 2.83. The van der Waals surface area contributed by atoms with E-state index < -0.39 is 11.7 Å². The Balaban J connectivity index is 1.86. The highest BCUT2D eigenvalue weighted by atomic mass is 19.4. The summed E-state index contributed by atoms with van der Waals surface area (Å²) < 4.78 is 38.1. The third kappa shape index (κ3) is 2.34. The summed E-state index contributed by atoms with van der Waals surface area (Å²) in [5.74, 6) is 0. The molecule has 2 heterocycles. The van der Waals surface area contributed by atoms with Crippen molar-refractivity contribution in [2.24, 2.45) is 0 Å². The molecule has 1 unspecified atom stereocenters. The number of hydrogen-bond acceptors (Lipinski definition) is 2. The maximum absolute atomic E-state index is 12.7. The van der Waals surface area contributed by atoms with Crippen LogP contribution in [-0.4, -0.2) is 25.3 Å². The Bertz CT molecular complexity index is 509. The zero-order chi connectivity index (χ0) is 13.5. The van der Waals surface area contributed by atoms with Gasteiger partial charge in [0.25, 0.3) is 0 Å². The molecule has 0 aromatic carbocycles. The maximum atomic E-state index is 12.7. The summed E-state index contributed by atoms with van der Waals surface area (Å²) in [5, 5.41) is 6.31. The second-order valence-electron chi connectivity index (χ2n) is 4.98. The van der Waals surface area contributed by atoms with Crippen molar-refractivity contribution in [3.63, 3.8) is 0 Å². The summed E-state index contributed by atoms with van der Waals surface area (Å²) in [6.45, 7) is 1.75. The number of nitrogens with one attached hydrogen (secondary N) is 2. The summed E-state index contributed by atoms with van der Waals surface area (Å²) >= 11 is 0. The normalized spacial score (nSPS) is 26.8. The van der Waals surface area contributed by atoms with Crippen LogP contribution in [0.15, 0.2) is 46.7 Å². The monoisotopic (exact) mass is 268 g/mol. The standard InChI is InChI=1S/C14H15F3N2/c15-14(16,17)10-1-2-11-12(8-19-13(11)7-10)9-3-5-18-6-4-9/h1-3,8,13,18-19H,4-7H2. The van der Waals surface area contributed by atoms with E-state index >= 15 is 0 Å². The first kappa shape index (κ1) is 12.5. The molecule has 0 saturated carbocycles. The van der Waals surface area contributed by atoms with E-state index in [0.717, 1.165) is 30.7 Å². The number of allylic oxidation sites excluding steroid dienone is 2. The molecule has 19 heavy (non-hydrogen) atoms. The van der Waals surface area contributed by atoms with Gasteiger partial charge in [-0.25, -0.2) is 0 Å². The lowest BCUT2D eigenvalue weighted by atomic mass is 9.87.